The molecule has 0 bridgehead atoms. The summed E-state index contributed by atoms with van der Waals surface area (Å²) in [5.74, 6) is 0.159. The SMILES string of the molecule is C[C@@]1(O)CC[C@@]2(CN3CCCS3(=O)=O)c3cc4cnn(-c5ccc(F)cc5)c4cc3CCC[C@@H]2C1. The van der Waals surface area contributed by atoms with Gasteiger partial charge in [0.2, 0.25) is 10.0 Å². The molecule has 0 radical (unpaired) electrons. The number of hydrogen-bond donors (Lipinski definition) is 1. The summed E-state index contributed by atoms with van der Waals surface area (Å²) < 4.78 is 42.8. The maximum Gasteiger partial charge on any atom is 0.214 e. The molecular weight excluding hydrogens is 465 g/mol. The van der Waals surface area contributed by atoms with Crippen LogP contribution >= 0.6 is 0 Å². The molecule has 3 atom stereocenters. The fourth-order valence-corrected chi connectivity index (χ4v) is 8.44. The number of hydrogen-bond acceptors (Lipinski definition) is 4. The van der Waals surface area contributed by atoms with E-state index in [2.05, 4.69) is 17.2 Å². The van der Waals surface area contributed by atoms with Gasteiger partial charge >= 0.3 is 0 Å². The second-order valence-electron chi connectivity index (χ2n) is 11.1. The number of nitrogens with zero attached hydrogens (tertiary/aromatic N) is 3. The summed E-state index contributed by atoms with van der Waals surface area (Å²) in [5, 5.41) is 16.6. The quantitative estimate of drug-likeness (QED) is 0.585. The zero-order chi connectivity index (χ0) is 24.4. The Hall–Kier alpha value is -2.29. The number of aryl methyl sites for hydroxylation is 1. The normalized spacial score (nSPS) is 30.7. The van der Waals surface area contributed by atoms with Crippen LogP contribution in [0, 0.1) is 11.7 Å². The summed E-state index contributed by atoms with van der Waals surface area (Å²) in [7, 11) is -3.24. The topological polar surface area (TPSA) is 75.4 Å². The largest absolute Gasteiger partial charge is 0.390 e. The van der Waals surface area contributed by atoms with Crippen molar-refractivity contribution in [3.63, 3.8) is 0 Å². The van der Waals surface area contributed by atoms with E-state index in [-0.39, 0.29) is 22.9 Å². The van der Waals surface area contributed by atoms with Gasteiger partial charge in [-0.15, -0.1) is 0 Å². The Balaban J connectivity index is 1.50. The van der Waals surface area contributed by atoms with E-state index in [9.17, 15) is 17.9 Å². The van der Waals surface area contributed by atoms with Crippen molar-refractivity contribution < 1.29 is 17.9 Å². The predicted molar refractivity (Wildman–Crippen MR) is 134 cm³/mol. The Morgan fingerprint density at radius 2 is 1.97 bits per heavy atom. The van der Waals surface area contributed by atoms with Gasteiger partial charge < -0.3 is 5.11 Å². The lowest BCUT2D eigenvalue weighted by atomic mass is 9.58. The lowest BCUT2D eigenvalue weighted by Crippen LogP contribution is -2.52. The third kappa shape index (κ3) is 3.90. The molecule has 0 unspecified atom stereocenters. The van der Waals surface area contributed by atoms with Gasteiger partial charge in [0.05, 0.1) is 28.8 Å². The van der Waals surface area contributed by atoms with Crippen molar-refractivity contribution in [2.45, 2.75) is 62.9 Å². The van der Waals surface area contributed by atoms with Crippen LogP contribution in [0.3, 0.4) is 0 Å². The summed E-state index contributed by atoms with van der Waals surface area (Å²) in [4.78, 5) is 0. The molecule has 35 heavy (non-hydrogen) atoms. The van der Waals surface area contributed by atoms with Crippen LogP contribution in [-0.4, -0.2) is 52.1 Å². The molecule has 3 aromatic rings. The zero-order valence-electron chi connectivity index (χ0n) is 20.1. The minimum atomic E-state index is -3.24. The molecular formula is C27H32FN3O3S. The minimum Gasteiger partial charge on any atom is -0.390 e. The third-order valence-corrected chi connectivity index (χ3v) is 10.5. The average Bonchev–Trinajstić information content (AvgIpc) is 3.33. The summed E-state index contributed by atoms with van der Waals surface area (Å²) in [6.07, 6.45) is 7.51. The van der Waals surface area contributed by atoms with Gasteiger partial charge in [-0.25, -0.2) is 21.8 Å². The van der Waals surface area contributed by atoms with E-state index in [0.717, 1.165) is 42.3 Å². The molecule has 0 spiro atoms. The van der Waals surface area contributed by atoms with E-state index >= 15 is 0 Å². The van der Waals surface area contributed by atoms with E-state index in [1.54, 1.807) is 16.4 Å². The van der Waals surface area contributed by atoms with Gasteiger partial charge in [0.1, 0.15) is 5.82 Å². The van der Waals surface area contributed by atoms with Crippen LogP contribution in [0.5, 0.6) is 0 Å². The van der Waals surface area contributed by atoms with Gasteiger partial charge in [-0.2, -0.15) is 5.10 Å². The summed E-state index contributed by atoms with van der Waals surface area (Å²) in [6, 6.07) is 10.8. The molecule has 3 aliphatic rings. The molecule has 2 aromatic carbocycles. The van der Waals surface area contributed by atoms with Gasteiger partial charge in [-0.1, -0.05) is 0 Å². The number of halogens is 1. The summed E-state index contributed by atoms with van der Waals surface area (Å²) in [6.45, 7) is 2.99. The van der Waals surface area contributed by atoms with Gasteiger partial charge in [-0.3, -0.25) is 0 Å². The molecule has 1 saturated heterocycles. The number of sulfonamides is 1. The van der Waals surface area contributed by atoms with Crippen LogP contribution < -0.4 is 0 Å². The van der Waals surface area contributed by atoms with Crippen molar-refractivity contribution >= 4 is 20.9 Å². The molecule has 2 aliphatic carbocycles. The molecule has 1 aliphatic heterocycles. The van der Waals surface area contributed by atoms with Gasteiger partial charge in [-0.05, 0) is 105 Å². The monoisotopic (exact) mass is 497 g/mol. The minimum absolute atomic E-state index is 0.216. The molecule has 6 rings (SSSR count). The number of aliphatic hydroxyl groups is 1. The first kappa shape index (κ1) is 23.1. The lowest BCUT2D eigenvalue weighted by Gasteiger charge is -2.50. The van der Waals surface area contributed by atoms with Crippen LogP contribution in [0.1, 0.15) is 56.6 Å². The maximum atomic E-state index is 13.5. The number of fused-ring (bicyclic) bond motifs is 4. The van der Waals surface area contributed by atoms with E-state index in [1.165, 1.54) is 23.3 Å². The van der Waals surface area contributed by atoms with Crippen LogP contribution in [0.25, 0.3) is 16.6 Å². The van der Waals surface area contributed by atoms with E-state index < -0.39 is 15.6 Å². The fourth-order valence-electron chi connectivity index (χ4n) is 6.85. The Kier molecular flexibility index (Phi) is 5.36. The van der Waals surface area contributed by atoms with Crippen molar-refractivity contribution in [1.82, 2.24) is 14.1 Å². The van der Waals surface area contributed by atoms with Crippen molar-refractivity contribution in [2.75, 3.05) is 18.8 Å². The van der Waals surface area contributed by atoms with Crippen LogP contribution in [0.15, 0.2) is 42.6 Å². The molecule has 1 aromatic heterocycles. The first-order chi connectivity index (χ1) is 16.7. The first-order valence-electron chi connectivity index (χ1n) is 12.6. The third-order valence-electron chi connectivity index (χ3n) is 8.64. The first-order valence-corrected chi connectivity index (χ1v) is 14.3. The lowest BCUT2D eigenvalue weighted by molar-refractivity contribution is -0.0362. The highest BCUT2D eigenvalue weighted by Crippen LogP contribution is 2.53. The molecule has 0 amide bonds. The smallest absolute Gasteiger partial charge is 0.214 e. The van der Waals surface area contributed by atoms with Gasteiger partial charge in [0.25, 0.3) is 0 Å². The van der Waals surface area contributed by atoms with Crippen LogP contribution in [0.2, 0.25) is 0 Å². The highest BCUT2D eigenvalue weighted by Gasteiger charge is 2.51. The maximum absolute atomic E-state index is 13.5. The predicted octanol–water partition coefficient (Wildman–Crippen LogP) is 4.33. The van der Waals surface area contributed by atoms with E-state index in [4.69, 9.17) is 0 Å². The number of benzene rings is 2. The molecule has 2 heterocycles. The zero-order valence-corrected chi connectivity index (χ0v) is 20.9. The number of aromatic nitrogens is 2. The van der Waals surface area contributed by atoms with Crippen molar-refractivity contribution in [3.05, 3.63) is 59.5 Å². The molecule has 8 heteroatoms. The molecule has 6 nitrogen and oxygen atoms in total. The fraction of sp³-hybridized carbons (Fsp3) is 0.519. The molecule has 1 saturated carbocycles. The highest BCUT2D eigenvalue weighted by molar-refractivity contribution is 7.89. The van der Waals surface area contributed by atoms with Crippen molar-refractivity contribution in [2.24, 2.45) is 5.92 Å². The second-order valence-corrected chi connectivity index (χ2v) is 13.1. The molecule has 1 N–H and O–H groups in total. The average molecular weight is 498 g/mol. The molecule has 2 fully saturated rings. The van der Waals surface area contributed by atoms with E-state index in [1.807, 2.05) is 17.8 Å². The standard InChI is InChI=1S/C27H32FN3O3S/c1-26(32)10-11-27(18-30-12-3-13-35(30,33)34)21(16-26)5-2-4-19-15-25-20(14-24(19)27)17-29-31(25)23-8-6-22(28)7-9-23/h6-9,14-15,17,21,32H,2-5,10-13,16,18H2,1H3/t21-,26-,27+/m1/s1. The van der Waals surface area contributed by atoms with Gasteiger partial charge in [0, 0.05) is 23.9 Å². The van der Waals surface area contributed by atoms with Crippen LogP contribution in [-0.2, 0) is 21.9 Å². The second kappa shape index (κ2) is 8.11. The molecule has 186 valence electrons. The highest BCUT2D eigenvalue weighted by atomic mass is 32.2. The van der Waals surface area contributed by atoms with E-state index in [0.29, 0.717) is 32.4 Å². The Morgan fingerprint density at radius 3 is 2.71 bits per heavy atom. The van der Waals surface area contributed by atoms with Crippen LogP contribution in [0.4, 0.5) is 4.39 Å². The number of rotatable bonds is 3. The summed E-state index contributed by atoms with van der Waals surface area (Å²) >= 11 is 0. The Morgan fingerprint density at radius 1 is 1.17 bits per heavy atom. The summed E-state index contributed by atoms with van der Waals surface area (Å²) in [5.41, 5.74) is 3.20. The Labute approximate surface area is 205 Å². The van der Waals surface area contributed by atoms with Crippen molar-refractivity contribution in [1.29, 1.82) is 0 Å². The van der Waals surface area contributed by atoms with Gasteiger partial charge in [0.15, 0.2) is 0 Å². The Bertz CT molecular complexity index is 1380. The van der Waals surface area contributed by atoms with Crippen molar-refractivity contribution in [3.8, 4) is 5.69 Å².